The Morgan fingerprint density at radius 3 is 2.48 bits per heavy atom. The standard InChI is InChI=1S/C16H28N4O/c1-3-7-13-14(17-10-4-2)18-12-19-15(13)20-16(11-21)8-5-6-9-16/h12,21H,3-11H2,1-2H3,(H2,17,18,19,20). The second-order valence-corrected chi connectivity index (χ2v) is 6.00. The third kappa shape index (κ3) is 3.84. The fourth-order valence-electron chi connectivity index (χ4n) is 3.03. The largest absolute Gasteiger partial charge is 0.394 e. The summed E-state index contributed by atoms with van der Waals surface area (Å²) in [5.74, 6) is 1.82. The van der Waals surface area contributed by atoms with Crippen LogP contribution in [0.5, 0.6) is 0 Å². The molecule has 0 amide bonds. The molecule has 5 heteroatoms. The van der Waals surface area contributed by atoms with Gasteiger partial charge in [-0.2, -0.15) is 0 Å². The molecule has 0 bridgehead atoms. The van der Waals surface area contributed by atoms with E-state index in [0.29, 0.717) is 0 Å². The molecule has 0 aromatic carbocycles. The van der Waals surface area contributed by atoms with Gasteiger partial charge < -0.3 is 15.7 Å². The van der Waals surface area contributed by atoms with Gasteiger partial charge >= 0.3 is 0 Å². The molecule has 1 aromatic rings. The number of rotatable bonds is 8. The molecule has 0 radical (unpaired) electrons. The lowest BCUT2D eigenvalue weighted by Gasteiger charge is -2.30. The minimum absolute atomic E-state index is 0.167. The SMILES string of the molecule is CCCNc1ncnc(NC2(CO)CCCC2)c1CCC. The Labute approximate surface area is 127 Å². The smallest absolute Gasteiger partial charge is 0.135 e. The lowest BCUT2D eigenvalue weighted by Crippen LogP contribution is -2.39. The summed E-state index contributed by atoms with van der Waals surface area (Å²) in [5.41, 5.74) is 0.951. The number of aliphatic hydroxyl groups is 1. The van der Waals surface area contributed by atoms with Crippen molar-refractivity contribution >= 4 is 11.6 Å². The van der Waals surface area contributed by atoms with Gasteiger partial charge in [0, 0.05) is 12.1 Å². The van der Waals surface area contributed by atoms with Crippen LogP contribution >= 0.6 is 0 Å². The molecule has 2 rings (SSSR count). The molecule has 3 N–H and O–H groups in total. The van der Waals surface area contributed by atoms with Gasteiger partial charge in [-0.1, -0.05) is 33.1 Å². The summed E-state index contributed by atoms with van der Waals surface area (Å²) in [6, 6.07) is 0. The number of nitrogens with zero attached hydrogens (tertiary/aromatic N) is 2. The molecule has 1 saturated carbocycles. The second-order valence-electron chi connectivity index (χ2n) is 6.00. The average Bonchev–Trinajstić information content (AvgIpc) is 2.97. The van der Waals surface area contributed by atoms with Crippen molar-refractivity contribution < 1.29 is 5.11 Å². The van der Waals surface area contributed by atoms with E-state index in [4.69, 9.17) is 0 Å². The van der Waals surface area contributed by atoms with Crippen molar-refractivity contribution in [3.63, 3.8) is 0 Å². The van der Waals surface area contributed by atoms with Crippen LogP contribution in [0.2, 0.25) is 0 Å². The Kier molecular flexibility index (Phi) is 5.79. The molecular weight excluding hydrogens is 264 g/mol. The molecule has 1 heterocycles. The Morgan fingerprint density at radius 2 is 1.86 bits per heavy atom. The molecular formula is C16H28N4O. The first-order valence-corrected chi connectivity index (χ1v) is 8.21. The number of aromatic nitrogens is 2. The maximum Gasteiger partial charge on any atom is 0.135 e. The molecule has 1 aromatic heterocycles. The number of nitrogens with one attached hydrogen (secondary N) is 2. The van der Waals surface area contributed by atoms with Crippen LogP contribution in [-0.2, 0) is 6.42 Å². The maximum absolute atomic E-state index is 9.79. The highest BCUT2D eigenvalue weighted by Gasteiger charge is 2.34. The van der Waals surface area contributed by atoms with Crippen molar-refractivity contribution in [2.45, 2.75) is 64.3 Å². The fraction of sp³-hybridized carbons (Fsp3) is 0.750. The van der Waals surface area contributed by atoms with Crippen LogP contribution in [-0.4, -0.2) is 33.8 Å². The van der Waals surface area contributed by atoms with E-state index >= 15 is 0 Å². The number of aliphatic hydroxyl groups excluding tert-OH is 1. The summed E-state index contributed by atoms with van der Waals surface area (Å²) in [6.45, 7) is 5.39. The predicted octanol–water partition coefficient (Wildman–Crippen LogP) is 2.97. The second kappa shape index (κ2) is 7.59. The highest BCUT2D eigenvalue weighted by Crippen LogP contribution is 2.34. The van der Waals surface area contributed by atoms with Crippen molar-refractivity contribution in [3.05, 3.63) is 11.9 Å². The molecule has 21 heavy (non-hydrogen) atoms. The van der Waals surface area contributed by atoms with Gasteiger partial charge in [0.15, 0.2) is 0 Å². The molecule has 0 spiro atoms. The first-order valence-electron chi connectivity index (χ1n) is 8.21. The third-order valence-corrected chi connectivity index (χ3v) is 4.23. The molecule has 118 valence electrons. The third-order valence-electron chi connectivity index (χ3n) is 4.23. The molecule has 1 fully saturated rings. The van der Waals surface area contributed by atoms with Gasteiger partial charge in [0.05, 0.1) is 12.1 Å². The number of hydrogen-bond acceptors (Lipinski definition) is 5. The lowest BCUT2D eigenvalue weighted by atomic mass is 9.98. The highest BCUT2D eigenvalue weighted by molar-refractivity contribution is 5.58. The van der Waals surface area contributed by atoms with Crippen molar-refractivity contribution in [1.82, 2.24) is 9.97 Å². The Hall–Kier alpha value is -1.36. The first-order chi connectivity index (χ1) is 10.2. The molecule has 0 saturated heterocycles. The highest BCUT2D eigenvalue weighted by atomic mass is 16.3. The monoisotopic (exact) mass is 292 g/mol. The molecule has 1 aliphatic rings. The summed E-state index contributed by atoms with van der Waals surface area (Å²) in [7, 11) is 0. The molecule has 5 nitrogen and oxygen atoms in total. The van der Waals surface area contributed by atoms with E-state index in [1.54, 1.807) is 6.33 Å². The van der Waals surface area contributed by atoms with Crippen molar-refractivity contribution in [2.75, 3.05) is 23.8 Å². The van der Waals surface area contributed by atoms with E-state index in [1.807, 2.05) is 0 Å². The van der Waals surface area contributed by atoms with Crippen LogP contribution in [0.3, 0.4) is 0 Å². The summed E-state index contributed by atoms with van der Waals surface area (Å²) < 4.78 is 0. The molecule has 1 aliphatic carbocycles. The predicted molar refractivity (Wildman–Crippen MR) is 86.7 cm³/mol. The Bertz CT molecular complexity index is 444. The summed E-state index contributed by atoms with van der Waals surface area (Å²) in [4.78, 5) is 8.84. The average molecular weight is 292 g/mol. The van der Waals surface area contributed by atoms with E-state index in [9.17, 15) is 5.11 Å². The summed E-state index contributed by atoms with van der Waals surface area (Å²) >= 11 is 0. The van der Waals surface area contributed by atoms with Crippen LogP contribution in [0, 0.1) is 0 Å². The zero-order chi connectivity index (χ0) is 15.1. The van der Waals surface area contributed by atoms with Gasteiger partial charge in [0.2, 0.25) is 0 Å². The van der Waals surface area contributed by atoms with E-state index in [1.165, 1.54) is 12.8 Å². The van der Waals surface area contributed by atoms with E-state index in [-0.39, 0.29) is 12.1 Å². The Morgan fingerprint density at radius 1 is 1.14 bits per heavy atom. The number of anilines is 2. The summed E-state index contributed by atoms with van der Waals surface area (Å²) in [6.07, 6.45) is 9.03. The zero-order valence-electron chi connectivity index (χ0n) is 13.3. The fourth-order valence-corrected chi connectivity index (χ4v) is 3.03. The van der Waals surface area contributed by atoms with Crippen LogP contribution in [0.1, 0.15) is 57.9 Å². The molecule has 0 atom stereocenters. The van der Waals surface area contributed by atoms with Gasteiger partial charge in [0.25, 0.3) is 0 Å². The van der Waals surface area contributed by atoms with Crippen LogP contribution in [0.25, 0.3) is 0 Å². The normalized spacial score (nSPS) is 16.9. The lowest BCUT2D eigenvalue weighted by molar-refractivity contribution is 0.213. The van der Waals surface area contributed by atoms with Gasteiger partial charge in [-0.25, -0.2) is 9.97 Å². The van der Waals surface area contributed by atoms with E-state index in [0.717, 1.165) is 55.8 Å². The van der Waals surface area contributed by atoms with Gasteiger partial charge in [-0.3, -0.25) is 0 Å². The molecule has 0 unspecified atom stereocenters. The van der Waals surface area contributed by atoms with Crippen LogP contribution in [0.4, 0.5) is 11.6 Å². The zero-order valence-corrected chi connectivity index (χ0v) is 13.3. The quantitative estimate of drug-likeness (QED) is 0.687. The minimum atomic E-state index is -0.196. The van der Waals surface area contributed by atoms with Crippen molar-refractivity contribution in [1.29, 1.82) is 0 Å². The Balaban J connectivity index is 2.24. The molecule has 0 aliphatic heterocycles. The minimum Gasteiger partial charge on any atom is -0.394 e. The van der Waals surface area contributed by atoms with Crippen LogP contribution in [0.15, 0.2) is 6.33 Å². The topological polar surface area (TPSA) is 70.1 Å². The van der Waals surface area contributed by atoms with Crippen LogP contribution < -0.4 is 10.6 Å². The summed E-state index contributed by atoms with van der Waals surface area (Å²) in [5, 5.41) is 16.7. The van der Waals surface area contributed by atoms with E-state index in [2.05, 4.69) is 34.4 Å². The van der Waals surface area contributed by atoms with Gasteiger partial charge in [0.1, 0.15) is 18.0 Å². The van der Waals surface area contributed by atoms with Crippen molar-refractivity contribution in [3.8, 4) is 0 Å². The maximum atomic E-state index is 9.79. The van der Waals surface area contributed by atoms with Gasteiger partial charge in [-0.05, 0) is 25.7 Å². The van der Waals surface area contributed by atoms with E-state index < -0.39 is 0 Å². The first kappa shape index (κ1) is 16.0. The number of hydrogen-bond donors (Lipinski definition) is 3. The van der Waals surface area contributed by atoms with Gasteiger partial charge in [-0.15, -0.1) is 0 Å². The van der Waals surface area contributed by atoms with Crippen molar-refractivity contribution in [2.24, 2.45) is 0 Å².